The van der Waals surface area contributed by atoms with Crippen LogP contribution < -0.4 is 0 Å². The van der Waals surface area contributed by atoms with E-state index in [4.69, 9.17) is 30.0 Å². The number of ether oxygens (including phenoxy) is 3. The summed E-state index contributed by atoms with van der Waals surface area (Å²) in [5.74, 6) is -0.982. The molecule has 1 aliphatic heterocycles. The molecular formula is C37H28ClF3N4O7S. The smallest absolute Gasteiger partial charge is 0.453 e. The number of imidazole rings is 1. The molecule has 272 valence electrons. The third-order valence-electron chi connectivity index (χ3n) is 8.65. The van der Waals surface area contributed by atoms with Crippen LogP contribution in [0.4, 0.5) is 13.2 Å². The van der Waals surface area contributed by atoms with Crippen LogP contribution in [0, 0.1) is 0 Å². The lowest BCUT2D eigenvalue weighted by Gasteiger charge is -2.37. The van der Waals surface area contributed by atoms with Crippen molar-refractivity contribution in [1.82, 2.24) is 19.5 Å². The first kappa shape index (κ1) is 36.2. The molecule has 53 heavy (non-hydrogen) atoms. The summed E-state index contributed by atoms with van der Waals surface area (Å²) in [6, 6.07) is 35.2. The average Bonchev–Trinajstić information content (AvgIpc) is 3.74. The first-order valence-corrected chi connectivity index (χ1v) is 17.8. The third-order valence-corrected chi connectivity index (χ3v) is 9.97. The maximum Gasteiger partial charge on any atom is 0.523 e. The Balaban J connectivity index is 1.37. The van der Waals surface area contributed by atoms with E-state index in [-0.39, 0.29) is 21.9 Å². The van der Waals surface area contributed by atoms with Crippen LogP contribution in [0.2, 0.25) is 5.15 Å². The molecule has 16 heteroatoms. The number of halogens is 4. The molecule has 4 aromatic carbocycles. The topological polar surface area (TPSA) is 132 Å². The van der Waals surface area contributed by atoms with Gasteiger partial charge in [0.05, 0.1) is 18.5 Å². The number of alkyl halides is 3. The predicted octanol–water partition coefficient (Wildman–Crippen LogP) is 6.85. The van der Waals surface area contributed by atoms with Gasteiger partial charge in [-0.25, -0.2) is 19.7 Å². The lowest BCUT2D eigenvalue weighted by molar-refractivity contribution is -0.0961. The molecule has 11 nitrogen and oxygen atoms in total. The van der Waals surface area contributed by atoms with Gasteiger partial charge in [0.1, 0.15) is 23.5 Å². The summed E-state index contributed by atoms with van der Waals surface area (Å²) < 4.78 is 92.3. The number of hydrogen-bond acceptors (Lipinski definition) is 10. The van der Waals surface area contributed by atoms with E-state index in [0.717, 1.165) is 17.2 Å². The van der Waals surface area contributed by atoms with Crippen molar-refractivity contribution >= 4 is 38.9 Å². The van der Waals surface area contributed by atoms with Crippen molar-refractivity contribution in [3.63, 3.8) is 0 Å². The Hall–Kier alpha value is -5.19. The Morgan fingerprint density at radius 1 is 0.774 bits per heavy atom. The SMILES string of the molecule is O=C(O[C@H]1[C@@H](OS(=O)(=O)C(F)(F)F)[C@H](n2cnc3c(Cl)ncnc32)O[C@@H]1COC(c1ccccc1)(c1ccccc1)c1ccccc1)c1ccccc1. The Morgan fingerprint density at radius 2 is 1.30 bits per heavy atom. The van der Waals surface area contributed by atoms with Gasteiger partial charge in [0, 0.05) is 0 Å². The average molecular weight is 765 g/mol. The lowest BCUT2D eigenvalue weighted by Crippen LogP contribution is -2.44. The normalized spacial score (nSPS) is 19.3. The van der Waals surface area contributed by atoms with Gasteiger partial charge >= 0.3 is 21.6 Å². The molecule has 7 rings (SSSR count). The van der Waals surface area contributed by atoms with Crippen molar-refractivity contribution in [2.75, 3.05) is 6.61 Å². The minimum Gasteiger partial charge on any atom is -0.453 e. The largest absolute Gasteiger partial charge is 0.523 e. The second-order valence-electron chi connectivity index (χ2n) is 11.8. The van der Waals surface area contributed by atoms with E-state index < -0.39 is 58.3 Å². The molecule has 3 heterocycles. The number of nitrogens with zero attached hydrogens (tertiary/aromatic N) is 4. The van der Waals surface area contributed by atoms with Crippen molar-refractivity contribution in [1.29, 1.82) is 0 Å². The third kappa shape index (κ3) is 7.01. The molecular weight excluding hydrogens is 737 g/mol. The van der Waals surface area contributed by atoms with Crippen molar-refractivity contribution < 1.29 is 44.8 Å². The van der Waals surface area contributed by atoms with E-state index in [2.05, 4.69) is 15.0 Å². The van der Waals surface area contributed by atoms with Crippen LogP contribution in [0.3, 0.4) is 0 Å². The second-order valence-corrected chi connectivity index (χ2v) is 13.8. The van der Waals surface area contributed by atoms with Crippen LogP contribution in [-0.4, -0.2) is 64.3 Å². The van der Waals surface area contributed by atoms with Gasteiger partial charge < -0.3 is 14.2 Å². The molecule has 0 amide bonds. The van der Waals surface area contributed by atoms with Crippen molar-refractivity contribution in [3.05, 3.63) is 161 Å². The molecule has 0 unspecified atom stereocenters. The van der Waals surface area contributed by atoms with Gasteiger partial charge in [0.15, 0.2) is 29.2 Å². The maximum atomic E-state index is 13.9. The number of fused-ring (bicyclic) bond motifs is 1. The van der Waals surface area contributed by atoms with Gasteiger partial charge in [-0.3, -0.25) is 8.75 Å². The zero-order valence-corrected chi connectivity index (χ0v) is 28.9. The summed E-state index contributed by atoms with van der Waals surface area (Å²) in [7, 11) is -6.30. The van der Waals surface area contributed by atoms with Gasteiger partial charge in [-0.05, 0) is 28.8 Å². The molecule has 0 spiro atoms. The molecule has 2 aromatic heterocycles. The van der Waals surface area contributed by atoms with Crippen LogP contribution >= 0.6 is 11.6 Å². The predicted molar refractivity (Wildman–Crippen MR) is 185 cm³/mol. The van der Waals surface area contributed by atoms with Gasteiger partial charge in [-0.2, -0.15) is 21.6 Å². The minimum absolute atomic E-state index is 0.0186. The number of rotatable bonds is 11. The molecule has 6 aromatic rings. The molecule has 1 saturated heterocycles. The maximum absolute atomic E-state index is 13.9. The van der Waals surface area contributed by atoms with Gasteiger partial charge in [0.25, 0.3) is 0 Å². The fraction of sp³-hybridized carbons (Fsp3) is 0.189. The summed E-state index contributed by atoms with van der Waals surface area (Å²) in [6.07, 6.45) is -4.88. The summed E-state index contributed by atoms with van der Waals surface area (Å²) in [4.78, 5) is 25.8. The zero-order chi connectivity index (χ0) is 37.2. The standard InChI is InChI=1S/C37H28ClF3N4O7S/c38-32-29-33(43-22-42-32)45(23-44-29)34-31(52-53(47,48)37(39,40)41)30(51-35(46)24-13-5-1-6-14-24)28(50-34)21-49-36(25-15-7-2-8-16-25,26-17-9-3-10-18-26)27-19-11-4-12-20-27/h1-20,22-23,28,30-31,34H,21H2/t28-,30-,31-,34-/m1/s1. The molecule has 4 atom stereocenters. The fourth-order valence-corrected chi connectivity index (χ4v) is 7.05. The van der Waals surface area contributed by atoms with E-state index in [1.807, 2.05) is 91.0 Å². The highest BCUT2D eigenvalue weighted by Crippen LogP contribution is 2.44. The number of esters is 1. The summed E-state index contributed by atoms with van der Waals surface area (Å²) >= 11 is 6.22. The van der Waals surface area contributed by atoms with Crippen molar-refractivity contribution in [2.24, 2.45) is 0 Å². The highest BCUT2D eigenvalue weighted by molar-refractivity contribution is 7.87. The quantitative estimate of drug-likeness (QED) is 0.0454. The molecule has 0 saturated carbocycles. The summed E-state index contributed by atoms with van der Waals surface area (Å²) in [5, 5.41) is -0.0857. The lowest BCUT2D eigenvalue weighted by atomic mass is 9.80. The molecule has 1 fully saturated rings. The Bertz CT molecular complexity index is 2210. The van der Waals surface area contributed by atoms with Gasteiger partial charge in [-0.15, -0.1) is 0 Å². The highest BCUT2D eigenvalue weighted by atomic mass is 35.5. The molecule has 0 N–H and O–H groups in total. The van der Waals surface area contributed by atoms with Crippen LogP contribution in [0.25, 0.3) is 11.2 Å². The number of carbonyl (C=O) groups is 1. The molecule has 0 aliphatic carbocycles. The second kappa shape index (κ2) is 14.7. The van der Waals surface area contributed by atoms with Crippen molar-refractivity contribution in [3.8, 4) is 0 Å². The first-order valence-electron chi connectivity index (χ1n) is 16.0. The van der Waals surface area contributed by atoms with E-state index in [0.29, 0.717) is 16.7 Å². The summed E-state index contributed by atoms with van der Waals surface area (Å²) in [5.41, 5.74) is -5.08. The van der Waals surface area contributed by atoms with Gasteiger partial charge in [-0.1, -0.05) is 121 Å². The highest BCUT2D eigenvalue weighted by Gasteiger charge is 2.57. The number of hydrogen-bond donors (Lipinski definition) is 0. The summed E-state index contributed by atoms with van der Waals surface area (Å²) in [6.45, 7) is -0.462. The van der Waals surface area contributed by atoms with E-state index in [1.54, 1.807) is 18.2 Å². The Morgan fingerprint density at radius 3 is 1.83 bits per heavy atom. The molecule has 0 radical (unpaired) electrons. The first-order chi connectivity index (χ1) is 25.5. The number of carbonyl (C=O) groups excluding carboxylic acids is 1. The van der Waals surface area contributed by atoms with Gasteiger partial charge in [0.2, 0.25) is 0 Å². The van der Waals surface area contributed by atoms with E-state index >= 15 is 0 Å². The Labute approximate surface area is 306 Å². The van der Waals surface area contributed by atoms with Crippen LogP contribution in [0.15, 0.2) is 134 Å². The zero-order valence-electron chi connectivity index (χ0n) is 27.3. The van der Waals surface area contributed by atoms with Crippen LogP contribution in [0.1, 0.15) is 33.3 Å². The van der Waals surface area contributed by atoms with E-state index in [1.165, 1.54) is 12.1 Å². The van der Waals surface area contributed by atoms with Crippen LogP contribution in [-0.2, 0) is 34.1 Å². The van der Waals surface area contributed by atoms with Crippen LogP contribution in [0.5, 0.6) is 0 Å². The number of benzene rings is 4. The van der Waals surface area contributed by atoms with E-state index in [9.17, 15) is 26.4 Å². The molecule has 0 bridgehead atoms. The monoisotopic (exact) mass is 764 g/mol. The fourth-order valence-electron chi connectivity index (χ4n) is 6.26. The Kier molecular flexibility index (Phi) is 10.0. The molecule has 1 aliphatic rings. The van der Waals surface area contributed by atoms with Crippen molar-refractivity contribution in [2.45, 2.75) is 35.6 Å². The minimum atomic E-state index is -6.30. The number of aromatic nitrogens is 4.